The van der Waals surface area contributed by atoms with Gasteiger partial charge in [0, 0.05) is 18.2 Å². The lowest BCUT2D eigenvalue weighted by atomic mass is 9.69. The molecule has 0 spiro atoms. The molecule has 2 saturated carbocycles. The van der Waals surface area contributed by atoms with Gasteiger partial charge in [-0.15, -0.1) is 0 Å². The second kappa shape index (κ2) is 5.32. The van der Waals surface area contributed by atoms with Gasteiger partial charge in [0.1, 0.15) is 0 Å². The molecule has 3 rings (SSSR count). The number of carbonyl (C=O) groups excluding carboxylic acids is 1. The van der Waals surface area contributed by atoms with E-state index < -0.39 is 4.92 Å². The predicted octanol–water partition coefficient (Wildman–Crippen LogP) is 3.47. The number of fused-ring (bicyclic) bond motifs is 2. The van der Waals surface area contributed by atoms with Gasteiger partial charge in [0.05, 0.1) is 11.3 Å². The highest BCUT2D eigenvalue weighted by Gasteiger charge is 2.61. The Balaban J connectivity index is 1.63. The van der Waals surface area contributed by atoms with Crippen LogP contribution in [0.15, 0.2) is 24.3 Å². The zero-order valence-electron chi connectivity index (χ0n) is 14.0. The number of nitro groups is 1. The van der Waals surface area contributed by atoms with Gasteiger partial charge in [-0.25, -0.2) is 0 Å². The Morgan fingerprint density at radius 2 is 1.96 bits per heavy atom. The molecule has 2 bridgehead atoms. The van der Waals surface area contributed by atoms with Crippen molar-refractivity contribution in [1.82, 2.24) is 5.32 Å². The lowest BCUT2D eigenvalue weighted by Crippen LogP contribution is -2.47. The molecule has 3 unspecified atom stereocenters. The van der Waals surface area contributed by atoms with E-state index in [2.05, 4.69) is 26.1 Å². The summed E-state index contributed by atoms with van der Waals surface area (Å²) in [5.74, 6) is 0.700. The molecule has 0 radical (unpaired) electrons. The van der Waals surface area contributed by atoms with Gasteiger partial charge >= 0.3 is 0 Å². The zero-order valence-corrected chi connectivity index (χ0v) is 14.0. The molecule has 3 atom stereocenters. The van der Waals surface area contributed by atoms with Gasteiger partial charge in [0.2, 0.25) is 5.91 Å². The first kappa shape index (κ1) is 16.0. The van der Waals surface area contributed by atoms with E-state index in [-0.39, 0.29) is 34.9 Å². The average Bonchev–Trinajstić information content (AvgIpc) is 2.81. The zero-order chi connectivity index (χ0) is 16.8. The minimum absolute atomic E-state index is 0.00780. The molecule has 0 aliphatic heterocycles. The highest BCUT2D eigenvalue weighted by molar-refractivity contribution is 5.79. The van der Waals surface area contributed by atoms with Crippen molar-refractivity contribution in [2.75, 3.05) is 0 Å². The normalized spacial score (nSPS) is 31.1. The molecule has 124 valence electrons. The number of non-ortho nitro benzene ring substituents is 1. The van der Waals surface area contributed by atoms with Crippen molar-refractivity contribution in [2.45, 2.75) is 52.5 Å². The molecular weight excluding hydrogens is 292 g/mol. The van der Waals surface area contributed by atoms with Crippen LogP contribution in [0.1, 0.15) is 45.6 Å². The van der Waals surface area contributed by atoms with Gasteiger partial charge < -0.3 is 5.32 Å². The molecule has 1 aromatic carbocycles. The van der Waals surface area contributed by atoms with E-state index in [0.29, 0.717) is 5.92 Å². The first-order valence-electron chi connectivity index (χ1n) is 8.27. The number of hydrogen-bond acceptors (Lipinski definition) is 3. The molecule has 5 heteroatoms. The number of rotatable bonds is 4. The van der Waals surface area contributed by atoms with E-state index >= 15 is 0 Å². The highest BCUT2D eigenvalue weighted by Crippen LogP contribution is 2.65. The molecule has 1 amide bonds. The van der Waals surface area contributed by atoms with Gasteiger partial charge in [-0.1, -0.05) is 32.9 Å². The summed E-state index contributed by atoms with van der Waals surface area (Å²) in [6, 6.07) is 6.45. The molecule has 1 N–H and O–H groups in total. The minimum atomic E-state index is -0.429. The van der Waals surface area contributed by atoms with Crippen LogP contribution in [0.25, 0.3) is 0 Å². The second-order valence-electron chi connectivity index (χ2n) is 7.83. The van der Waals surface area contributed by atoms with Gasteiger partial charge in [-0.05, 0) is 41.6 Å². The summed E-state index contributed by atoms with van der Waals surface area (Å²) in [4.78, 5) is 22.6. The molecular formula is C18H24N2O3. The highest BCUT2D eigenvalue weighted by atomic mass is 16.6. The van der Waals surface area contributed by atoms with Crippen LogP contribution in [0.3, 0.4) is 0 Å². The summed E-state index contributed by atoms with van der Waals surface area (Å²) in [5, 5.41) is 13.9. The lowest BCUT2D eigenvalue weighted by molar-refractivity contribution is -0.384. The Hall–Kier alpha value is -1.91. The molecule has 1 aromatic rings. The van der Waals surface area contributed by atoms with Crippen LogP contribution in [-0.4, -0.2) is 16.9 Å². The van der Waals surface area contributed by atoms with Crippen molar-refractivity contribution in [3.63, 3.8) is 0 Å². The third kappa shape index (κ3) is 2.52. The summed E-state index contributed by atoms with van der Waals surface area (Å²) in [6.45, 7) is 6.96. The largest absolute Gasteiger partial charge is 0.353 e. The predicted molar refractivity (Wildman–Crippen MR) is 88.0 cm³/mol. The lowest BCUT2D eigenvalue weighted by Gasteiger charge is -2.39. The molecule has 2 aliphatic rings. The number of nitro benzene ring substituents is 1. The van der Waals surface area contributed by atoms with E-state index in [9.17, 15) is 14.9 Å². The van der Waals surface area contributed by atoms with Crippen LogP contribution in [0.2, 0.25) is 0 Å². The number of benzene rings is 1. The van der Waals surface area contributed by atoms with E-state index in [1.165, 1.54) is 25.0 Å². The fraction of sp³-hybridized carbons (Fsp3) is 0.611. The van der Waals surface area contributed by atoms with Crippen LogP contribution in [0.5, 0.6) is 0 Å². The molecule has 0 aromatic heterocycles. The monoisotopic (exact) mass is 316 g/mol. The Labute approximate surface area is 136 Å². The maximum absolute atomic E-state index is 12.4. The van der Waals surface area contributed by atoms with Gasteiger partial charge in [0.15, 0.2) is 0 Å². The number of carbonyl (C=O) groups is 1. The third-order valence-corrected chi connectivity index (χ3v) is 6.64. The SMILES string of the molecule is CC1(C)C2CCC1(C)C(NC(=O)Cc1ccc([N+](=O)[O-])cc1)C2. The summed E-state index contributed by atoms with van der Waals surface area (Å²) in [5.41, 5.74) is 1.30. The van der Waals surface area contributed by atoms with E-state index in [1.54, 1.807) is 12.1 Å². The number of nitrogens with zero attached hydrogens (tertiary/aromatic N) is 1. The quantitative estimate of drug-likeness (QED) is 0.683. The van der Waals surface area contributed by atoms with Gasteiger partial charge in [0.25, 0.3) is 5.69 Å². The molecule has 2 aliphatic carbocycles. The first-order valence-corrected chi connectivity index (χ1v) is 8.27. The first-order chi connectivity index (χ1) is 10.7. The van der Waals surface area contributed by atoms with Crippen LogP contribution in [0, 0.1) is 26.9 Å². The standard InChI is InChI=1S/C18H24N2O3/c1-17(2)13-8-9-18(17,3)15(11-13)19-16(21)10-12-4-6-14(7-5-12)20(22)23/h4-7,13,15H,8-11H2,1-3H3,(H,19,21). The Bertz CT molecular complexity index is 638. The smallest absolute Gasteiger partial charge is 0.269 e. The molecule has 0 heterocycles. The van der Waals surface area contributed by atoms with Crippen molar-refractivity contribution in [3.8, 4) is 0 Å². The summed E-state index contributed by atoms with van der Waals surface area (Å²) in [7, 11) is 0. The Kier molecular flexibility index (Phi) is 3.69. The topological polar surface area (TPSA) is 72.2 Å². The Morgan fingerprint density at radius 1 is 1.30 bits per heavy atom. The van der Waals surface area contributed by atoms with Crippen molar-refractivity contribution in [3.05, 3.63) is 39.9 Å². The van der Waals surface area contributed by atoms with Crippen molar-refractivity contribution >= 4 is 11.6 Å². The fourth-order valence-electron chi connectivity index (χ4n) is 4.59. The summed E-state index contributed by atoms with van der Waals surface area (Å²) < 4.78 is 0. The van der Waals surface area contributed by atoms with Gasteiger partial charge in [-0.2, -0.15) is 0 Å². The van der Waals surface area contributed by atoms with Crippen LogP contribution < -0.4 is 5.32 Å². The maximum atomic E-state index is 12.4. The minimum Gasteiger partial charge on any atom is -0.353 e. The fourth-order valence-corrected chi connectivity index (χ4v) is 4.59. The summed E-state index contributed by atoms with van der Waals surface area (Å²) in [6.07, 6.45) is 3.77. The molecule has 23 heavy (non-hydrogen) atoms. The number of amides is 1. The molecule has 5 nitrogen and oxygen atoms in total. The van der Waals surface area contributed by atoms with Crippen LogP contribution >= 0.6 is 0 Å². The van der Waals surface area contributed by atoms with E-state index in [4.69, 9.17) is 0 Å². The molecule has 2 fully saturated rings. The molecule has 0 saturated heterocycles. The number of nitrogens with one attached hydrogen (secondary N) is 1. The van der Waals surface area contributed by atoms with Crippen molar-refractivity contribution in [2.24, 2.45) is 16.7 Å². The average molecular weight is 316 g/mol. The maximum Gasteiger partial charge on any atom is 0.269 e. The van der Waals surface area contributed by atoms with Crippen LogP contribution in [0.4, 0.5) is 5.69 Å². The second-order valence-corrected chi connectivity index (χ2v) is 7.83. The van der Waals surface area contributed by atoms with E-state index in [1.807, 2.05) is 0 Å². The van der Waals surface area contributed by atoms with Crippen molar-refractivity contribution in [1.29, 1.82) is 0 Å². The third-order valence-electron chi connectivity index (χ3n) is 6.64. The van der Waals surface area contributed by atoms with Crippen molar-refractivity contribution < 1.29 is 9.72 Å². The van der Waals surface area contributed by atoms with E-state index in [0.717, 1.165) is 12.0 Å². The van der Waals surface area contributed by atoms with Crippen LogP contribution in [-0.2, 0) is 11.2 Å². The van der Waals surface area contributed by atoms with Gasteiger partial charge in [-0.3, -0.25) is 14.9 Å². The summed E-state index contributed by atoms with van der Waals surface area (Å²) >= 11 is 0. The number of hydrogen-bond donors (Lipinski definition) is 1. The Morgan fingerprint density at radius 3 is 2.43 bits per heavy atom.